The highest BCUT2D eigenvalue weighted by Gasteiger charge is 2.22. The van der Waals surface area contributed by atoms with Gasteiger partial charge in [0.05, 0.1) is 19.3 Å². The largest absolute Gasteiger partial charge is 0.394 e. The Morgan fingerprint density at radius 3 is 2.40 bits per heavy atom. The van der Waals surface area contributed by atoms with E-state index in [0.29, 0.717) is 6.54 Å². The fourth-order valence-corrected chi connectivity index (χ4v) is 1.70. The zero-order chi connectivity index (χ0) is 15.2. The summed E-state index contributed by atoms with van der Waals surface area (Å²) in [6, 6.07) is 7.99. The first-order valence-electron chi connectivity index (χ1n) is 6.92. The van der Waals surface area contributed by atoms with E-state index in [1.165, 1.54) is 5.56 Å². The van der Waals surface area contributed by atoms with Crippen LogP contribution in [0.2, 0.25) is 0 Å². The highest BCUT2D eigenvalue weighted by molar-refractivity contribution is 5.81. The van der Waals surface area contributed by atoms with Crippen molar-refractivity contribution < 1.29 is 14.6 Å². The van der Waals surface area contributed by atoms with E-state index in [1.807, 2.05) is 52.0 Å². The number of nitrogens with one attached hydrogen (secondary N) is 1. The van der Waals surface area contributed by atoms with Gasteiger partial charge in [0.25, 0.3) is 0 Å². The zero-order valence-electron chi connectivity index (χ0n) is 12.8. The molecule has 0 bridgehead atoms. The molecule has 0 aliphatic rings. The molecule has 0 spiro atoms. The van der Waals surface area contributed by atoms with E-state index in [-0.39, 0.29) is 25.2 Å². The molecule has 1 amide bonds. The van der Waals surface area contributed by atoms with Crippen molar-refractivity contribution in [1.29, 1.82) is 0 Å². The molecule has 0 aliphatic carbocycles. The molecule has 2 N–H and O–H groups in total. The number of aliphatic hydroxyl groups excluding tert-OH is 1. The molecule has 112 valence electrons. The minimum Gasteiger partial charge on any atom is -0.394 e. The Labute approximate surface area is 121 Å². The normalized spacial score (nSPS) is 13.1. The summed E-state index contributed by atoms with van der Waals surface area (Å²) in [5.74, 6) is -0.0118. The second kappa shape index (κ2) is 7.41. The summed E-state index contributed by atoms with van der Waals surface area (Å²) in [5.41, 5.74) is 1.75. The van der Waals surface area contributed by atoms with E-state index in [1.54, 1.807) is 0 Å². The van der Waals surface area contributed by atoms with Gasteiger partial charge in [-0.1, -0.05) is 50.6 Å². The average molecular weight is 279 g/mol. The second-order valence-corrected chi connectivity index (χ2v) is 5.95. The summed E-state index contributed by atoms with van der Waals surface area (Å²) in [4.78, 5) is 11.9. The van der Waals surface area contributed by atoms with Crippen molar-refractivity contribution in [2.75, 3.05) is 19.8 Å². The Bertz CT molecular complexity index is 420. The SMILES string of the molecule is Cc1ccc([C@@H](CNC(=O)C(C)(C)C)OCCO)cc1. The monoisotopic (exact) mass is 279 g/mol. The summed E-state index contributed by atoms with van der Waals surface area (Å²) in [5, 5.41) is 11.8. The maximum absolute atomic E-state index is 11.9. The van der Waals surface area contributed by atoms with Crippen molar-refractivity contribution in [3.63, 3.8) is 0 Å². The molecule has 1 atom stereocenters. The smallest absolute Gasteiger partial charge is 0.225 e. The van der Waals surface area contributed by atoms with E-state index in [0.717, 1.165) is 5.56 Å². The molecule has 0 aromatic heterocycles. The Balaban J connectivity index is 2.70. The van der Waals surface area contributed by atoms with E-state index in [4.69, 9.17) is 9.84 Å². The molecule has 0 heterocycles. The quantitative estimate of drug-likeness (QED) is 0.839. The topological polar surface area (TPSA) is 58.6 Å². The minimum atomic E-state index is -0.422. The standard InChI is InChI=1S/C16H25NO3/c1-12-5-7-13(8-6-12)14(20-10-9-18)11-17-15(19)16(2,3)4/h5-8,14,18H,9-11H2,1-4H3,(H,17,19)/t14-/m1/s1. The molecule has 0 saturated carbocycles. The number of rotatable bonds is 6. The maximum Gasteiger partial charge on any atom is 0.225 e. The Morgan fingerprint density at radius 1 is 1.30 bits per heavy atom. The fraction of sp³-hybridized carbons (Fsp3) is 0.562. The number of amides is 1. The average Bonchev–Trinajstić information content (AvgIpc) is 2.39. The number of benzene rings is 1. The van der Waals surface area contributed by atoms with Crippen molar-refractivity contribution in [2.45, 2.75) is 33.8 Å². The summed E-state index contributed by atoms with van der Waals surface area (Å²) in [6.45, 7) is 8.26. The van der Waals surface area contributed by atoms with E-state index >= 15 is 0 Å². The lowest BCUT2D eigenvalue weighted by Gasteiger charge is -2.22. The van der Waals surface area contributed by atoms with Gasteiger partial charge in [0, 0.05) is 12.0 Å². The van der Waals surface area contributed by atoms with Crippen LogP contribution in [-0.2, 0) is 9.53 Å². The van der Waals surface area contributed by atoms with Crippen LogP contribution in [-0.4, -0.2) is 30.8 Å². The first-order chi connectivity index (χ1) is 9.34. The zero-order valence-corrected chi connectivity index (χ0v) is 12.8. The van der Waals surface area contributed by atoms with Gasteiger partial charge in [-0.3, -0.25) is 4.79 Å². The van der Waals surface area contributed by atoms with Gasteiger partial charge in [-0.25, -0.2) is 0 Å². The van der Waals surface area contributed by atoms with Crippen molar-refractivity contribution in [2.24, 2.45) is 5.41 Å². The molecule has 0 aliphatic heterocycles. The van der Waals surface area contributed by atoms with Crippen LogP contribution in [0.3, 0.4) is 0 Å². The maximum atomic E-state index is 11.9. The molecule has 0 unspecified atom stereocenters. The van der Waals surface area contributed by atoms with Gasteiger partial charge in [-0.2, -0.15) is 0 Å². The molecule has 4 heteroatoms. The molecule has 0 radical (unpaired) electrons. The second-order valence-electron chi connectivity index (χ2n) is 5.95. The van der Waals surface area contributed by atoms with Gasteiger partial charge < -0.3 is 15.2 Å². The van der Waals surface area contributed by atoms with Crippen LogP contribution in [0, 0.1) is 12.3 Å². The lowest BCUT2D eigenvalue weighted by Crippen LogP contribution is -2.37. The fourth-order valence-electron chi connectivity index (χ4n) is 1.70. The predicted octanol–water partition coefficient (Wildman–Crippen LogP) is 2.21. The highest BCUT2D eigenvalue weighted by Crippen LogP contribution is 2.19. The molecular formula is C16H25NO3. The van der Waals surface area contributed by atoms with Gasteiger partial charge in [0.15, 0.2) is 0 Å². The van der Waals surface area contributed by atoms with Gasteiger partial charge in [0.2, 0.25) is 5.91 Å². The lowest BCUT2D eigenvalue weighted by atomic mass is 9.95. The van der Waals surface area contributed by atoms with Crippen molar-refractivity contribution in [1.82, 2.24) is 5.32 Å². The van der Waals surface area contributed by atoms with Crippen LogP contribution < -0.4 is 5.32 Å². The lowest BCUT2D eigenvalue weighted by molar-refractivity contribution is -0.129. The first-order valence-corrected chi connectivity index (χ1v) is 6.92. The number of ether oxygens (including phenoxy) is 1. The van der Waals surface area contributed by atoms with Gasteiger partial charge in [0.1, 0.15) is 0 Å². The number of hydrogen-bond donors (Lipinski definition) is 2. The third-order valence-electron chi connectivity index (χ3n) is 2.99. The van der Waals surface area contributed by atoms with Gasteiger partial charge in [-0.15, -0.1) is 0 Å². The molecule has 0 saturated heterocycles. The van der Waals surface area contributed by atoms with Crippen LogP contribution in [0.15, 0.2) is 24.3 Å². The first kappa shape index (κ1) is 16.7. The molecule has 1 rings (SSSR count). The molecular weight excluding hydrogens is 254 g/mol. The number of aliphatic hydroxyl groups is 1. The summed E-state index contributed by atoms with van der Waals surface area (Å²) in [7, 11) is 0. The van der Waals surface area contributed by atoms with Crippen LogP contribution in [0.5, 0.6) is 0 Å². The third kappa shape index (κ3) is 5.31. The minimum absolute atomic E-state index is 0.0118. The summed E-state index contributed by atoms with van der Waals surface area (Å²) in [6.07, 6.45) is -0.242. The van der Waals surface area contributed by atoms with Gasteiger partial charge in [-0.05, 0) is 12.5 Å². The molecule has 1 aromatic carbocycles. The highest BCUT2D eigenvalue weighted by atomic mass is 16.5. The van der Waals surface area contributed by atoms with E-state index in [2.05, 4.69) is 5.32 Å². The molecule has 0 fully saturated rings. The number of carbonyl (C=O) groups excluding carboxylic acids is 1. The summed E-state index contributed by atoms with van der Waals surface area (Å²) >= 11 is 0. The number of carbonyl (C=O) groups is 1. The van der Waals surface area contributed by atoms with Crippen LogP contribution >= 0.6 is 0 Å². The molecule has 20 heavy (non-hydrogen) atoms. The van der Waals surface area contributed by atoms with Gasteiger partial charge >= 0.3 is 0 Å². The van der Waals surface area contributed by atoms with E-state index in [9.17, 15) is 4.79 Å². The molecule has 1 aromatic rings. The van der Waals surface area contributed by atoms with Crippen LogP contribution in [0.1, 0.15) is 38.0 Å². The third-order valence-corrected chi connectivity index (χ3v) is 2.99. The van der Waals surface area contributed by atoms with Crippen molar-refractivity contribution in [3.05, 3.63) is 35.4 Å². The number of hydrogen-bond acceptors (Lipinski definition) is 3. The summed E-state index contributed by atoms with van der Waals surface area (Å²) < 4.78 is 5.62. The van der Waals surface area contributed by atoms with Crippen molar-refractivity contribution >= 4 is 5.91 Å². The Kier molecular flexibility index (Phi) is 6.17. The van der Waals surface area contributed by atoms with Crippen LogP contribution in [0.25, 0.3) is 0 Å². The molecule has 4 nitrogen and oxygen atoms in total. The van der Waals surface area contributed by atoms with Crippen LogP contribution in [0.4, 0.5) is 0 Å². The predicted molar refractivity (Wildman–Crippen MR) is 79.4 cm³/mol. The van der Waals surface area contributed by atoms with Crippen molar-refractivity contribution in [3.8, 4) is 0 Å². The van der Waals surface area contributed by atoms with E-state index < -0.39 is 5.41 Å². The number of aryl methyl sites for hydroxylation is 1. The Morgan fingerprint density at radius 2 is 1.90 bits per heavy atom. The Hall–Kier alpha value is -1.39.